The largest absolute Gasteiger partial charge is 0.573 e. The van der Waals surface area contributed by atoms with E-state index in [2.05, 4.69) is 30.4 Å². The lowest BCUT2D eigenvalue weighted by Crippen LogP contribution is -2.37. The number of aromatic nitrogens is 4. The molecular formula is C21H23F3N6O2. The summed E-state index contributed by atoms with van der Waals surface area (Å²) >= 11 is 0. The molecule has 1 aliphatic heterocycles. The molecule has 4 rings (SSSR count). The number of benzene rings is 2. The van der Waals surface area contributed by atoms with Gasteiger partial charge < -0.3 is 14.8 Å². The molecule has 0 radical (unpaired) electrons. The van der Waals surface area contributed by atoms with Crippen LogP contribution in [-0.2, 0) is 11.3 Å². The molecule has 0 bridgehead atoms. The number of rotatable bonds is 8. The second kappa shape index (κ2) is 9.96. The van der Waals surface area contributed by atoms with Gasteiger partial charge in [-0.15, -0.1) is 23.4 Å². The Labute approximate surface area is 182 Å². The zero-order valence-electron chi connectivity index (χ0n) is 17.3. The third kappa shape index (κ3) is 6.17. The van der Waals surface area contributed by atoms with Crippen LogP contribution in [-0.4, -0.2) is 64.3 Å². The molecule has 0 atom stereocenters. The number of hydrogen-bond acceptors (Lipinski definition) is 7. The van der Waals surface area contributed by atoms with E-state index in [1.807, 2.05) is 24.3 Å². The van der Waals surface area contributed by atoms with E-state index in [1.165, 1.54) is 24.3 Å². The molecule has 0 amide bonds. The average molecular weight is 448 g/mol. The molecule has 1 saturated heterocycles. The van der Waals surface area contributed by atoms with Crippen LogP contribution in [0.3, 0.4) is 0 Å². The Hall–Kier alpha value is -3.18. The Morgan fingerprint density at radius 3 is 2.50 bits per heavy atom. The van der Waals surface area contributed by atoms with E-state index in [4.69, 9.17) is 4.74 Å². The first-order chi connectivity index (χ1) is 15.5. The lowest BCUT2D eigenvalue weighted by molar-refractivity contribution is -0.274. The van der Waals surface area contributed by atoms with Crippen LogP contribution >= 0.6 is 0 Å². The van der Waals surface area contributed by atoms with Crippen molar-refractivity contribution in [3.05, 3.63) is 48.5 Å². The second-order valence-corrected chi connectivity index (χ2v) is 7.26. The predicted molar refractivity (Wildman–Crippen MR) is 112 cm³/mol. The minimum absolute atomic E-state index is 0.280. The molecule has 170 valence electrons. The number of hydrogen-bond donors (Lipinski definition) is 1. The van der Waals surface area contributed by atoms with Gasteiger partial charge >= 0.3 is 6.36 Å². The Kier molecular flexibility index (Phi) is 6.86. The molecule has 1 aromatic heterocycles. The topological polar surface area (TPSA) is 77.3 Å². The Bertz CT molecular complexity index is 1000. The number of alkyl halides is 3. The van der Waals surface area contributed by atoms with E-state index in [-0.39, 0.29) is 5.75 Å². The SMILES string of the molecule is FC(F)(F)Oc1ccc(Nc2ccccc2-c2nnn(CCCN3CCOCC3)n2)cc1. The fourth-order valence-electron chi connectivity index (χ4n) is 3.39. The maximum atomic E-state index is 12.3. The van der Waals surface area contributed by atoms with Crippen molar-refractivity contribution in [1.29, 1.82) is 0 Å². The molecule has 0 unspecified atom stereocenters. The Morgan fingerprint density at radius 2 is 1.75 bits per heavy atom. The molecule has 1 aliphatic rings. The first-order valence-corrected chi connectivity index (χ1v) is 10.3. The Balaban J connectivity index is 1.39. The van der Waals surface area contributed by atoms with Crippen LogP contribution in [0.2, 0.25) is 0 Å². The van der Waals surface area contributed by atoms with Crippen LogP contribution in [0.4, 0.5) is 24.5 Å². The summed E-state index contributed by atoms with van der Waals surface area (Å²) in [5.74, 6) is 0.189. The first-order valence-electron chi connectivity index (χ1n) is 10.3. The van der Waals surface area contributed by atoms with Gasteiger partial charge in [-0.2, -0.15) is 4.80 Å². The molecule has 0 saturated carbocycles. The first kappa shape index (κ1) is 22.0. The minimum Gasteiger partial charge on any atom is -0.406 e. The van der Waals surface area contributed by atoms with Crippen molar-refractivity contribution < 1.29 is 22.6 Å². The third-order valence-corrected chi connectivity index (χ3v) is 4.92. The highest BCUT2D eigenvalue weighted by Crippen LogP contribution is 2.29. The van der Waals surface area contributed by atoms with E-state index in [1.54, 1.807) is 4.80 Å². The number of morpholine rings is 1. The maximum Gasteiger partial charge on any atom is 0.573 e. The molecule has 1 N–H and O–H groups in total. The van der Waals surface area contributed by atoms with Crippen LogP contribution in [0.1, 0.15) is 6.42 Å². The number of para-hydroxylation sites is 1. The van der Waals surface area contributed by atoms with Crippen molar-refractivity contribution in [3.63, 3.8) is 0 Å². The van der Waals surface area contributed by atoms with Crippen LogP contribution in [0.5, 0.6) is 5.75 Å². The smallest absolute Gasteiger partial charge is 0.406 e. The molecule has 0 spiro atoms. The monoisotopic (exact) mass is 448 g/mol. The van der Waals surface area contributed by atoms with Crippen molar-refractivity contribution in [2.45, 2.75) is 19.3 Å². The van der Waals surface area contributed by atoms with Gasteiger partial charge in [0.15, 0.2) is 0 Å². The van der Waals surface area contributed by atoms with E-state index in [9.17, 15) is 13.2 Å². The quantitative estimate of drug-likeness (QED) is 0.563. The summed E-state index contributed by atoms with van der Waals surface area (Å²) in [6.07, 6.45) is -3.82. The standard InChI is InChI=1S/C21H23F3N6O2/c22-21(23,24)32-17-8-6-16(7-9-17)25-19-5-2-1-4-18(19)20-26-28-30(27-20)11-3-10-29-12-14-31-15-13-29/h1-2,4-9,25H,3,10-15H2. The zero-order valence-corrected chi connectivity index (χ0v) is 17.3. The molecular weight excluding hydrogens is 425 g/mol. The fraction of sp³-hybridized carbons (Fsp3) is 0.381. The zero-order chi connectivity index (χ0) is 22.4. The Morgan fingerprint density at radius 1 is 1.00 bits per heavy atom. The summed E-state index contributed by atoms with van der Waals surface area (Å²) in [5.41, 5.74) is 2.05. The third-order valence-electron chi connectivity index (χ3n) is 4.92. The normalized spacial score (nSPS) is 15.0. The van der Waals surface area contributed by atoms with Crippen LogP contribution in [0.25, 0.3) is 11.4 Å². The second-order valence-electron chi connectivity index (χ2n) is 7.26. The van der Waals surface area contributed by atoms with Gasteiger partial charge in [-0.05, 0) is 48.0 Å². The van der Waals surface area contributed by atoms with Gasteiger partial charge in [-0.3, -0.25) is 4.90 Å². The molecule has 3 aromatic rings. The van der Waals surface area contributed by atoms with Gasteiger partial charge in [0.25, 0.3) is 0 Å². The van der Waals surface area contributed by atoms with E-state index in [0.717, 1.165) is 44.8 Å². The summed E-state index contributed by atoms with van der Waals surface area (Å²) in [6, 6.07) is 12.9. The summed E-state index contributed by atoms with van der Waals surface area (Å²) < 4.78 is 46.3. The molecule has 0 aliphatic carbocycles. The van der Waals surface area contributed by atoms with Gasteiger partial charge in [0, 0.05) is 36.6 Å². The van der Waals surface area contributed by atoms with Gasteiger partial charge in [-0.25, -0.2) is 0 Å². The van der Waals surface area contributed by atoms with E-state index in [0.29, 0.717) is 23.7 Å². The van der Waals surface area contributed by atoms with Gasteiger partial charge in [0.1, 0.15) is 5.75 Å². The highest BCUT2D eigenvalue weighted by Gasteiger charge is 2.31. The van der Waals surface area contributed by atoms with Gasteiger partial charge in [0.05, 0.1) is 19.8 Å². The molecule has 1 fully saturated rings. The number of nitrogens with zero attached hydrogens (tertiary/aromatic N) is 5. The number of anilines is 2. The highest BCUT2D eigenvalue weighted by molar-refractivity contribution is 5.77. The van der Waals surface area contributed by atoms with Gasteiger partial charge in [-0.1, -0.05) is 12.1 Å². The van der Waals surface area contributed by atoms with E-state index < -0.39 is 6.36 Å². The average Bonchev–Trinajstić information content (AvgIpc) is 3.24. The predicted octanol–water partition coefficient (Wildman–Crippen LogP) is 3.70. The summed E-state index contributed by atoms with van der Waals surface area (Å²) in [4.78, 5) is 3.93. The van der Waals surface area contributed by atoms with Gasteiger partial charge in [0.2, 0.25) is 5.82 Å². The molecule has 32 heavy (non-hydrogen) atoms. The van der Waals surface area contributed by atoms with E-state index >= 15 is 0 Å². The summed E-state index contributed by atoms with van der Waals surface area (Å²) in [7, 11) is 0. The number of aryl methyl sites for hydroxylation is 1. The number of halogens is 3. The number of tetrazole rings is 1. The summed E-state index contributed by atoms with van der Waals surface area (Å²) in [5, 5.41) is 16.0. The lowest BCUT2D eigenvalue weighted by Gasteiger charge is -2.26. The minimum atomic E-state index is -4.72. The molecule has 8 nitrogen and oxygen atoms in total. The van der Waals surface area contributed by atoms with Crippen LogP contribution < -0.4 is 10.1 Å². The summed E-state index contributed by atoms with van der Waals surface area (Å²) in [6.45, 7) is 5.03. The van der Waals surface area contributed by atoms with Crippen LogP contribution in [0.15, 0.2) is 48.5 Å². The van der Waals surface area contributed by atoms with Crippen molar-refractivity contribution in [2.24, 2.45) is 0 Å². The van der Waals surface area contributed by atoms with Crippen molar-refractivity contribution >= 4 is 11.4 Å². The number of nitrogens with one attached hydrogen (secondary N) is 1. The molecule has 2 aromatic carbocycles. The van der Waals surface area contributed by atoms with Crippen molar-refractivity contribution in [3.8, 4) is 17.1 Å². The fourth-order valence-corrected chi connectivity index (χ4v) is 3.39. The highest BCUT2D eigenvalue weighted by atomic mass is 19.4. The number of ether oxygens (including phenoxy) is 2. The van der Waals surface area contributed by atoms with Crippen LogP contribution in [0, 0.1) is 0 Å². The molecule has 11 heteroatoms. The van der Waals surface area contributed by atoms with Crippen molar-refractivity contribution in [1.82, 2.24) is 25.1 Å². The van der Waals surface area contributed by atoms with Crippen molar-refractivity contribution in [2.75, 3.05) is 38.2 Å². The lowest BCUT2D eigenvalue weighted by atomic mass is 10.1. The molecule has 2 heterocycles. The maximum absolute atomic E-state index is 12.3.